The van der Waals surface area contributed by atoms with E-state index in [4.69, 9.17) is 4.74 Å². The van der Waals surface area contributed by atoms with Crippen LogP contribution in [0.4, 0.5) is 0 Å². The highest BCUT2D eigenvalue weighted by Crippen LogP contribution is 2.14. The molecule has 1 heterocycles. The van der Waals surface area contributed by atoms with Crippen molar-refractivity contribution in [3.05, 3.63) is 12.2 Å². The van der Waals surface area contributed by atoms with Crippen LogP contribution in [0.25, 0.3) is 0 Å². The summed E-state index contributed by atoms with van der Waals surface area (Å²) in [5.41, 5.74) is 0. The third-order valence-corrected chi connectivity index (χ3v) is 4.48. The van der Waals surface area contributed by atoms with Crippen molar-refractivity contribution in [3.63, 3.8) is 0 Å². The van der Waals surface area contributed by atoms with E-state index in [1.165, 1.54) is 25.1 Å². The number of aliphatic hydroxyl groups is 4. The monoisotopic (exact) mass is 388 g/mol. The molecule has 1 fully saturated rings. The van der Waals surface area contributed by atoms with Crippen molar-refractivity contribution in [2.45, 2.75) is 63.3 Å². The highest BCUT2D eigenvalue weighted by Gasteiger charge is 2.37. The lowest BCUT2D eigenvalue weighted by Crippen LogP contribution is -2.55. The van der Waals surface area contributed by atoms with Crippen LogP contribution in [0.5, 0.6) is 0 Å². The van der Waals surface area contributed by atoms with Gasteiger partial charge in [-0.15, -0.1) is 0 Å². The van der Waals surface area contributed by atoms with Crippen molar-refractivity contribution in [2.24, 2.45) is 5.92 Å². The molecule has 9 heteroatoms. The van der Waals surface area contributed by atoms with Gasteiger partial charge >= 0.3 is 0 Å². The normalized spacial score (nSPS) is 26.0. The maximum absolute atomic E-state index is 12.5. The van der Waals surface area contributed by atoms with Gasteiger partial charge in [0.05, 0.1) is 6.10 Å². The van der Waals surface area contributed by atoms with Gasteiger partial charge in [-0.05, 0) is 18.8 Å². The van der Waals surface area contributed by atoms with Crippen LogP contribution in [-0.2, 0) is 14.3 Å². The number of amides is 2. The third-order valence-electron chi connectivity index (χ3n) is 4.48. The highest BCUT2D eigenvalue weighted by molar-refractivity contribution is 5.89. The van der Waals surface area contributed by atoms with Crippen LogP contribution in [0.2, 0.25) is 0 Å². The first kappa shape index (κ1) is 23.5. The summed E-state index contributed by atoms with van der Waals surface area (Å²) in [6.07, 6.45) is -3.30. The average molecular weight is 388 g/mol. The fraction of sp³-hybridized carbons (Fsp3) is 0.778. The van der Waals surface area contributed by atoms with E-state index in [1.807, 2.05) is 13.8 Å². The zero-order valence-corrected chi connectivity index (χ0v) is 16.3. The minimum atomic E-state index is -1.70. The number of carbonyl (C=O) groups excluding carboxylic acids is 2. The molecular formula is C18H32N2O7. The third kappa shape index (κ3) is 6.86. The lowest BCUT2D eigenvalue weighted by Gasteiger charge is -2.28. The van der Waals surface area contributed by atoms with E-state index in [1.54, 1.807) is 6.08 Å². The molecule has 5 N–H and O–H groups in total. The van der Waals surface area contributed by atoms with Gasteiger partial charge in [-0.25, -0.2) is 0 Å². The number of nitrogens with one attached hydrogen (secondary N) is 1. The summed E-state index contributed by atoms with van der Waals surface area (Å²) < 4.78 is 5.00. The molecule has 1 saturated heterocycles. The molecule has 0 aromatic heterocycles. The molecule has 27 heavy (non-hydrogen) atoms. The summed E-state index contributed by atoms with van der Waals surface area (Å²) in [5.74, 6) is -1.00. The number of likely N-dealkylation sites (tertiary alicyclic amines) is 1. The second kappa shape index (κ2) is 10.7. The van der Waals surface area contributed by atoms with Crippen LogP contribution in [0.3, 0.4) is 0 Å². The predicted molar refractivity (Wildman–Crippen MR) is 97.6 cm³/mol. The largest absolute Gasteiger partial charge is 0.391 e. The van der Waals surface area contributed by atoms with Crippen molar-refractivity contribution >= 4 is 11.8 Å². The Morgan fingerprint density at radius 2 is 1.85 bits per heavy atom. The quantitative estimate of drug-likeness (QED) is 0.315. The summed E-state index contributed by atoms with van der Waals surface area (Å²) >= 11 is 0. The molecule has 6 atom stereocenters. The Balaban J connectivity index is 2.78. The number of hydrogen-bond donors (Lipinski definition) is 5. The van der Waals surface area contributed by atoms with Crippen molar-refractivity contribution in [2.75, 3.05) is 20.7 Å². The molecule has 156 valence electrons. The minimum absolute atomic E-state index is 0.138. The predicted octanol–water partition coefficient (Wildman–Crippen LogP) is -1.61. The number of rotatable bonds is 8. The molecular weight excluding hydrogens is 356 g/mol. The molecule has 0 radical (unpaired) electrons. The zero-order valence-electron chi connectivity index (χ0n) is 16.3. The van der Waals surface area contributed by atoms with Crippen LogP contribution >= 0.6 is 0 Å². The lowest BCUT2D eigenvalue weighted by molar-refractivity contribution is -0.151. The number of methoxy groups -OCH3 is 1. The fourth-order valence-corrected chi connectivity index (χ4v) is 2.87. The highest BCUT2D eigenvalue weighted by atomic mass is 16.5. The number of β-amino-alcohol motifs (C(OH)–C–C–N with tert-alkyl or cyclic N) is 1. The number of likely N-dealkylation sites (N-methyl/N-ethyl adjacent to an activating group) is 1. The Morgan fingerprint density at radius 3 is 2.41 bits per heavy atom. The SMILES string of the molecule is COC(C(=O)NC1CCC(O)CN(C)C1=O)C(O)C(O)C(O)/C=C/C(C)C. The average Bonchev–Trinajstić information content (AvgIpc) is 2.72. The van der Waals surface area contributed by atoms with Gasteiger partial charge in [0.1, 0.15) is 24.4 Å². The second-order valence-corrected chi connectivity index (χ2v) is 7.27. The van der Waals surface area contributed by atoms with E-state index >= 15 is 0 Å². The van der Waals surface area contributed by atoms with Crippen LogP contribution in [0.15, 0.2) is 12.2 Å². The molecule has 0 aromatic rings. The van der Waals surface area contributed by atoms with Crippen molar-refractivity contribution in [1.29, 1.82) is 0 Å². The van der Waals surface area contributed by atoms with Crippen LogP contribution in [0, 0.1) is 5.92 Å². The van der Waals surface area contributed by atoms with Gasteiger partial charge in [-0.2, -0.15) is 0 Å². The fourth-order valence-electron chi connectivity index (χ4n) is 2.87. The van der Waals surface area contributed by atoms with Crippen LogP contribution in [-0.4, -0.2) is 94.4 Å². The molecule has 2 amide bonds. The maximum Gasteiger partial charge on any atom is 0.252 e. The molecule has 1 aliphatic rings. The van der Waals surface area contributed by atoms with Crippen LogP contribution < -0.4 is 5.32 Å². The van der Waals surface area contributed by atoms with Crippen molar-refractivity contribution < 1.29 is 34.8 Å². The standard InChI is InChI=1S/C18H32N2O7/c1-10(2)5-8-13(22)14(23)15(24)16(27-4)17(25)19-12-7-6-11(21)9-20(3)18(12)26/h5,8,10-16,21-24H,6-7,9H2,1-4H3,(H,19,25)/b8-5+. The Bertz CT molecular complexity index is 526. The summed E-state index contributed by atoms with van der Waals surface area (Å²) in [6, 6.07) is -0.868. The Hall–Kier alpha value is -1.52. The van der Waals surface area contributed by atoms with E-state index in [-0.39, 0.29) is 24.8 Å². The molecule has 6 unspecified atom stereocenters. The number of nitrogens with zero attached hydrogens (tertiary/aromatic N) is 1. The minimum Gasteiger partial charge on any atom is -0.391 e. The zero-order chi connectivity index (χ0) is 20.7. The molecule has 1 rings (SSSR count). The van der Waals surface area contributed by atoms with Gasteiger partial charge in [0.25, 0.3) is 5.91 Å². The molecule has 1 aliphatic heterocycles. The molecule has 0 spiro atoms. The van der Waals surface area contributed by atoms with Gasteiger partial charge in [0, 0.05) is 20.7 Å². The maximum atomic E-state index is 12.5. The van der Waals surface area contributed by atoms with E-state index in [9.17, 15) is 30.0 Å². The molecule has 0 bridgehead atoms. The van der Waals surface area contributed by atoms with E-state index in [2.05, 4.69) is 5.32 Å². The first-order chi connectivity index (χ1) is 12.6. The number of hydrogen-bond acceptors (Lipinski definition) is 7. The Kier molecular flexibility index (Phi) is 9.34. The summed E-state index contributed by atoms with van der Waals surface area (Å²) in [5, 5.41) is 42.6. The number of ether oxygens (including phenoxy) is 1. The second-order valence-electron chi connectivity index (χ2n) is 7.27. The van der Waals surface area contributed by atoms with E-state index in [0.717, 1.165) is 0 Å². The van der Waals surface area contributed by atoms with Gasteiger partial charge in [0.15, 0.2) is 6.10 Å². The van der Waals surface area contributed by atoms with Gasteiger partial charge in [0.2, 0.25) is 5.91 Å². The summed E-state index contributed by atoms with van der Waals surface area (Å²) in [7, 11) is 2.71. The topological polar surface area (TPSA) is 140 Å². The van der Waals surface area contributed by atoms with Crippen LogP contribution in [0.1, 0.15) is 26.7 Å². The molecule has 9 nitrogen and oxygen atoms in total. The first-order valence-corrected chi connectivity index (χ1v) is 9.07. The number of aliphatic hydroxyl groups excluding tert-OH is 4. The molecule has 0 saturated carbocycles. The smallest absolute Gasteiger partial charge is 0.252 e. The van der Waals surface area contributed by atoms with Crippen molar-refractivity contribution in [3.8, 4) is 0 Å². The van der Waals surface area contributed by atoms with Gasteiger partial charge < -0.3 is 35.4 Å². The van der Waals surface area contributed by atoms with Gasteiger partial charge in [-0.1, -0.05) is 26.0 Å². The summed E-state index contributed by atoms with van der Waals surface area (Å²) in [6.45, 7) is 3.94. The summed E-state index contributed by atoms with van der Waals surface area (Å²) in [4.78, 5) is 26.1. The number of allylic oxidation sites excluding steroid dienone is 1. The Morgan fingerprint density at radius 1 is 1.22 bits per heavy atom. The van der Waals surface area contributed by atoms with Gasteiger partial charge in [-0.3, -0.25) is 9.59 Å². The van der Waals surface area contributed by atoms with E-state index < -0.39 is 42.5 Å². The first-order valence-electron chi connectivity index (χ1n) is 9.07. The molecule has 0 aromatic carbocycles. The lowest BCUT2D eigenvalue weighted by atomic mass is 10.00. The van der Waals surface area contributed by atoms with E-state index in [0.29, 0.717) is 6.42 Å². The Labute approximate surface area is 159 Å². The van der Waals surface area contributed by atoms with Crippen molar-refractivity contribution in [1.82, 2.24) is 10.2 Å². The number of carbonyl (C=O) groups is 2. The molecule has 0 aliphatic carbocycles.